The molecule has 0 radical (unpaired) electrons. The van der Waals surface area contributed by atoms with Crippen molar-refractivity contribution in [2.75, 3.05) is 0 Å². The quantitative estimate of drug-likeness (QED) is 0.412. The Bertz CT molecular complexity index is 1010. The van der Waals surface area contributed by atoms with Crippen molar-refractivity contribution in [1.29, 1.82) is 0 Å². The maximum atomic E-state index is 12.6. The van der Waals surface area contributed by atoms with Gasteiger partial charge in [-0.15, -0.1) is 16.8 Å². The van der Waals surface area contributed by atoms with E-state index in [-0.39, 0.29) is 0 Å². The molecule has 0 bridgehead atoms. The molecular formula is C17H15F2N3O3S2. The van der Waals surface area contributed by atoms with E-state index in [0.717, 1.165) is 5.56 Å². The number of thioether (sulfide) groups is 1. The van der Waals surface area contributed by atoms with Crippen molar-refractivity contribution in [3.8, 4) is 11.6 Å². The second-order valence-corrected chi connectivity index (χ2v) is 8.28. The zero-order valence-electron chi connectivity index (χ0n) is 14.0. The van der Waals surface area contributed by atoms with Gasteiger partial charge >= 0.3 is 5.76 Å². The monoisotopic (exact) mass is 411 g/mol. The van der Waals surface area contributed by atoms with Crippen LogP contribution in [0.15, 0.2) is 69.8 Å². The van der Waals surface area contributed by atoms with Gasteiger partial charge < -0.3 is 4.42 Å². The molecule has 3 aromatic rings. The number of furan rings is 1. The summed E-state index contributed by atoms with van der Waals surface area (Å²) in [4.78, 5) is -0.402. The van der Waals surface area contributed by atoms with E-state index in [4.69, 9.17) is 4.42 Å². The minimum Gasteiger partial charge on any atom is -0.461 e. The third-order valence-corrected chi connectivity index (χ3v) is 6.06. The molecule has 142 valence electrons. The standard InChI is InChI=1S/C17H15F2N3O3S2/c1-2-9-22-15(14-4-3-10-25-14)20-21-17(22)26-11-12-5-7-13(8-6-12)27(23,24)16(18)19/h2-8,10,16H,1,9,11H2. The first kappa shape index (κ1) is 19.3. The molecule has 3 rings (SSSR count). The van der Waals surface area contributed by atoms with Crippen LogP contribution in [0, 0.1) is 0 Å². The summed E-state index contributed by atoms with van der Waals surface area (Å²) in [6, 6.07) is 8.90. The predicted octanol–water partition coefficient (Wildman–Crippen LogP) is 4.01. The third kappa shape index (κ3) is 4.11. The number of halogens is 2. The number of hydrogen-bond acceptors (Lipinski definition) is 6. The summed E-state index contributed by atoms with van der Waals surface area (Å²) in [5, 5.41) is 8.93. The molecular weight excluding hydrogens is 396 g/mol. The van der Waals surface area contributed by atoms with Crippen LogP contribution in [0.1, 0.15) is 5.56 Å². The molecule has 0 fully saturated rings. The molecule has 6 nitrogen and oxygen atoms in total. The van der Waals surface area contributed by atoms with E-state index in [1.54, 1.807) is 24.5 Å². The van der Waals surface area contributed by atoms with Gasteiger partial charge in [0.15, 0.2) is 10.9 Å². The SMILES string of the molecule is C=CCn1c(SCc2ccc(S(=O)(=O)C(F)F)cc2)nnc1-c1ccco1. The van der Waals surface area contributed by atoms with Crippen LogP contribution in [-0.2, 0) is 22.1 Å². The summed E-state index contributed by atoms with van der Waals surface area (Å²) in [6.45, 7) is 4.21. The molecule has 0 unspecified atom stereocenters. The van der Waals surface area contributed by atoms with Gasteiger partial charge in [0.05, 0.1) is 11.2 Å². The van der Waals surface area contributed by atoms with E-state index in [0.29, 0.717) is 29.0 Å². The topological polar surface area (TPSA) is 78.0 Å². The third-order valence-electron chi connectivity index (χ3n) is 3.62. The second-order valence-electron chi connectivity index (χ2n) is 5.42. The molecule has 0 saturated carbocycles. The zero-order chi connectivity index (χ0) is 19.4. The Labute approximate surface area is 158 Å². The van der Waals surface area contributed by atoms with Gasteiger partial charge in [-0.25, -0.2) is 8.42 Å². The van der Waals surface area contributed by atoms with E-state index < -0.39 is 20.5 Å². The summed E-state index contributed by atoms with van der Waals surface area (Å²) in [5.41, 5.74) is 0.765. The van der Waals surface area contributed by atoms with E-state index in [2.05, 4.69) is 16.8 Å². The number of aromatic nitrogens is 3. The van der Waals surface area contributed by atoms with Crippen LogP contribution in [0.5, 0.6) is 0 Å². The fourth-order valence-corrected chi connectivity index (χ4v) is 3.93. The molecule has 0 aliphatic carbocycles. The van der Waals surface area contributed by atoms with Crippen LogP contribution in [0.4, 0.5) is 8.78 Å². The first-order valence-electron chi connectivity index (χ1n) is 7.75. The molecule has 2 aromatic heterocycles. The molecule has 0 amide bonds. The van der Waals surface area contributed by atoms with Crippen molar-refractivity contribution in [3.63, 3.8) is 0 Å². The van der Waals surface area contributed by atoms with Gasteiger partial charge in [-0.3, -0.25) is 4.57 Å². The number of allylic oxidation sites excluding steroid dienone is 1. The van der Waals surface area contributed by atoms with Crippen molar-refractivity contribution in [1.82, 2.24) is 14.8 Å². The lowest BCUT2D eigenvalue weighted by Crippen LogP contribution is -2.11. The molecule has 0 aliphatic heterocycles. The normalized spacial score (nSPS) is 11.8. The molecule has 1 aromatic carbocycles. The van der Waals surface area contributed by atoms with Gasteiger partial charge in [0.25, 0.3) is 0 Å². The second kappa shape index (κ2) is 8.05. The molecule has 2 heterocycles. The van der Waals surface area contributed by atoms with E-state index in [9.17, 15) is 17.2 Å². The first-order valence-corrected chi connectivity index (χ1v) is 10.3. The van der Waals surface area contributed by atoms with Gasteiger partial charge in [-0.2, -0.15) is 8.78 Å². The fraction of sp³-hybridized carbons (Fsp3) is 0.176. The summed E-state index contributed by atoms with van der Waals surface area (Å²) < 4.78 is 55.3. The number of rotatable bonds is 8. The van der Waals surface area contributed by atoms with E-state index in [1.165, 1.54) is 36.0 Å². The van der Waals surface area contributed by atoms with Gasteiger partial charge in [-0.05, 0) is 29.8 Å². The molecule has 10 heteroatoms. The van der Waals surface area contributed by atoms with Crippen LogP contribution < -0.4 is 0 Å². The predicted molar refractivity (Wildman–Crippen MR) is 97.1 cm³/mol. The van der Waals surface area contributed by atoms with Crippen LogP contribution in [0.3, 0.4) is 0 Å². The van der Waals surface area contributed by atoms with Gasteiger partial charge in [0.1, 0.15) is 0 Å². The van der Waals surface area contributed by atoms with Crippen molar-refractivity contribution >= 4 is 21.6 Å². The molecule has 0 saturated heterocycles. The number of alkyl halides is 2. The van der Waals surface area contributed by atoms with Crippen molar-refractivity contribution in [3.05, 3.63) is 60.9 Å². The molecule has 0 spiro atoms. The summed E-state index contributed by atoms with van der Waals surface area (Å²) in [7, 11) is -4.58. The maximum absolute atomic E-state index is 12.6. The minimum absolute atomic E-state index is 0.402. The maximum Gasteiger partial charge on any atom is 0.341 e. The van der Waals surface area contributed by atoms with Gasteiger partial charge in [-0.1, -0.05) is 30.0 Å². The highest BCUT2D eigenvalue weighted by Crippen LogP contribution is 2.27. The molecule has 0 N–H and O–H groups in total. The van der Waals surface area contributed by atoms with Crippen LogP contribution in [0.25, 0.3) is 11.6 Å². The number of benzene rings is 1. The van der Waals surface area contributed by atoms with Crippen molar-refractivity contribution in [2.45, 2.75) is 28.1 Å². The lowest BCUT2D eigenvalue weighted by molar-refractivity contribution is 0.234. The molecule has 0 atom stereocenters. The fourth-order valence-electron chi connectivity index (χ4n) is 2.30. The Morgan fingerprint density at radius 2 is 1.96 bits per heavy atom. The highest BCUT2D eigenvalue weighted by Gasteiger charge is 2.26. The van der Waals surface area contributed by atoms with E-state index >= 15 is 0 Å². The number of nitrogens with zero attached hydrogens (tertiary/aromatic N) is 3. The van der Waals surface area contributed by atoms with E-state index in [1.807, 2.05) is 4.57 Å². The Morgan fingerprint density at radius 3 is 2.56 bits per heavy atom. The Morgan fingerprint density at radius 1 is 1.22 bits per heavy atom. The zero-order valence-corrected chi connectivity index (χ0v) is 15.6. The smallest absolute Gasteiger partial charge is 0.341 e. The average molecular weight is 411 g/mol. The Kier molecular flexibility index (Phi) is 5.76. The van der Waals surface area contributed by atoms with Crippen LogP contribution >= 0.6 is 11.8 Å². The minimum atomic E-state index is -4.58. The molecule has 0 aliphatic rings. The lowest BCUT2D eigenvalue weighted by atomic mass is 10.2. The summed E-state index contributed by atoms with van der Waals surface area (Å²) >= 11 is 1.38. The van der Waals surface area contributed by atoms with Crippen LogP contribution in [-0.4, -0.2) is 28.9 Å². The Hall–Kier alpha value is -2.46. The molecule has 27 heavy (non-hydrogen) atoms. The summed E-state index contributed by atoms with van der Waals surface area (Å²) in [5.74, 6) is -1.82. The average Bonchev–Trinajstić information content (AvgIpc) is 3.30. The number of hydrogen-bond donors (Lipinski definition) is 0. The Balaban J connectivity index is 1.76. The lowest BCUT2D eigenvalue weighted by Gasteiger charge is -2.07. The van der Waals surface area contributed by atoms with Gasteiger partial charge in [0, 0.05) is 12.3 Å². The highest BCUT2D eigenvalue weighted by atomic mass is 32.2. The van der Waals surface area contributed by atoms with Crippen molar-refractivity contribution < 1.29 is 21.6 Å². The summed E-state index contributed by atoms with van der Waals surface area (Å²) in [6.07, 6.45) is 3.26. The highest BCUT2D eigenvalue weighted by molar-refractivity contribution is 7.98. The number of sulfone groups is 1. The van der Waals surface area contributed by atoms with Crippen molar-refractivity contribution in [2.24, 2.45) is 0 Å². The van der Waals surface area contributed by atoms with Gasteiger partial charge in [0.2, 0.25) is 15.7 Å². The largest absolute Gasteiger partial charge is 0.461 e. The van der Waals surface area contributed by atoms with Crippen LogP contribution in [0.2, 0.25) is 0 Å². The first-order chi connectivity index (χ1) is 12.9.